The van der Waals surface area contributed by atoms with E-state index in [1.165, 1.54) is 19.1 Å². The summed E-state index contributed by atoms with van der Waals surface area (Å²) in [5.74, 6) is -10.1. The molecule has 9 amide bonds. The molecule has 0 aliphatic heterocycles. The van der Waals surface area contributed by atoms with E-state index in [-0.39, 0.29) is 17.9 Å². The van der Waals surface area contributed by atoms with Crippen LogP contribution >= 0.6 is 0 Å². The zero-order valence-corrected chi connectivity index (χ0v) is 33.9. The number of hydrogen-bond donors (Lipinski definition) is 10. The molecule has 0 unspecified atom stereocenters. The Morgan fingerprint density at radius 1 is 0.600 bits per heavy atom. The molecule has 12 N–H and O–H groups in total. The van der Waals surface area contributed by atoms with Crippen molar-refractivity contribution in [3.63, 3.8) is 0 Å². The molecule has 0 spiro atoms. The quantitative estimate of drug-likeness (QED) is 0.0544. The van der Waals surface area contributed by atoms with Crippen molar-refractivity contribution in [3.8, 4) is 0 Å². The number of aliphatic carboxylic acids is 1. The monoisotopic (exact) mass is 835 g/mol. The largest absolute Gasteiger partial charge is 0.480 e. The Hall–Kier alpha value is -7.12. The zero-order chi connectivity index (χ0) is 45.1. The highest BCUT2D eigenvalue weighted by atomic mass is 16.4. The maximum Gasteiger partial charge on any atom is 0.326 e. The van der Waals surface area contributed by atoms with Crippen LogP contribution in [0.15, 0.2) is 72.8 Å². The number of nitrogens with one attached hydrogen (secondary N) is 7. The van der Waals surface area contributed by atoms with Gasteiger partial charge >= 0.3 is 5.97 Å². The number of carbonyl (C=O) groups excluding carboxylic acids is 9. The molecule has 0 aliphatic rings. The predicted molar refractivity (Wildman–Crippen MR) is 215 cm³/mol. The first-order valence-electron chi connectivity index (χ1n) is 18.9. The lowest BCUT2D eigenvalue weighted by atomic mass is 9.98. The normalized spacial score (nSPS) is 14.0. The van der Waals surface area contributed by atoms with Gasteiger partial charge in [0.15, 0.2) is 0 Å². The molecule has 0 saturated heterocycles. The lowest BCUT2D eigenvalue weighted by molar-refractivity contribution is -0.141. The van der Waals surface area contributed by atoms with Crippen LogP contribution in [-0.4, -0.2) is 101 Å². The molecule has 0 radical (unpaired) electrons. The first-order valence-corrected chi connectivity index (χ1v) is 18.9. The number of carboxylic acid groups (broad SMARTS) is 1. The summed E-state index contributed by atoms with van der Waals surface area (Å²) in [6.07, 6.45) is 0.705. The lowest BCUT2D eigenvalue weighted by Gasteiger charge is -2.28. The van der Waals surface area contributed by atoms with Crippen LogP contribution in [0.5, 0.6) is 0 Å². The second-order valence-corrected chi connectivity index (χ2v) is 14.4. The molecule has 0 aliphatic carbocycles. The molecular weight excluding hydrogens is 782 g/mol. The Bertz CT molecular complexity index is 1910. The minimum atomic E-state index is -1.66. The summed E-state index contributed by atoms with van der Waals surface area (Å²) in [7, 11) is 0. The molecule has 0 heterocycles. The van der Waals surface area contributed by atoms with Gasteiger partial charge in [0.2, 0.25) is 53.2 Å². The van der Waals surface area contributed by atoms with Crippen molar-refractivity contribution in [2.45, 2.75) is 83.7 Å². The van der Waals surface area contributed by atoms with E-state index in [4.69, 9.17) is 11.5 Å². The van der Waals surface area contributed by atoms with Gasteiger partial charge in [-0.15, -0.1) is 0 Å². The van der Waals surface area contributed by atoms with E-state index in [1.54, 1.807) is 76.2 Å². The summed E-state index contributed by atoms with van der Waals surface area (Å²) in [6.45, 7) is 7.32. The molecule has 60 heavy (non-hydrogen) atoms. The topological polar surface area (TPSA) is 327 Å². The zero-order valence-electron chi connectivity index (χ0n) is 33.9. The fraction of sp³-hybridized carbons (Fsp3) is 0.400. The molecule has 20 heteroatoms. The maximum atomic E-state index is 13.7. The summed E-state index contributed by atoms with van der Waals surface area (Å²) in [6, 6.07) is 8.59. The van der Waals surface area contributed by atoms with E-state index in [1.807, 2.05) is 0 Å². The van der Waals surface area contributed by atoms with Crippen molar-refractivity contribution in [2.75, 3.05) is 6.54 Å². The van der Waals surface area contributed by atoms with Crippen LogP contribution in [0.25, 0.3) is 0 Å². The van der Waals surface area contributed by atoms with Gasteiger partial charge in [0.05, 0.1) is 13.0 Å². The molecule has 324 valence electrons. The average molecular weight is 836 g/mol. The van der Waals surface area contributed by atoms with Gasteiger partial charge in [-0.3, -0.25) is 43.2 Å². The van der Waals surface area contributed by atoms with Gasteiger partial charge in [-0.25, -0.2) is 4.79 Å². The molecular formula is C40H53N9O11. The highest BCUT2D eigenvalue weighted by Gasteiger charge is 2.34. The average Bonchev–Trinajstić information content (AvgIpc) is 3.18. The number of primary amides is 2. The third kappa shape index (κ3) is 16.8. The van der Waals surface area contributed by atoms with Crippen molar-refractivity contribution < 1.29 is 53.1 Å². The third-order valence-electron chi connectivity index (χ3n) is 8.72. The molecule has 6 atom stereocenters. The first kappa shape index (κ1) is 49.0. The van der Waals surface area contributed by atoms with Crippen LogP contribution < -0.4 is 48.7 Å². The molecule has 0 aromatic heterocycles. The standard InChI is InChI=1S/C40H53N9O11/c1-21(2)32(35(42)54)47-38(57)33(22(3)4)48-39(58)34(25-14-10-7-11-15-25)49-37(56)26(19-28(41)50)45-30(52)17-16-29(51)44-23(5)36(55)43-20-31(53)46-27(40(59)60)18-24-12-8-6-9-13-24/h6-17,21-23,26-27,32-34H,18-20H2,1-5H3,(H2,41,50)(H2,42,54)(H,43,55)(H,44,51)(H,45,52)(H,46,53)(H,47,57)(H,48,58)(H,49,56)(H,59,60)/b17-16+/t23-,26-,27-,32-,33-,34-/m0/s1. The fourth-order valence-electron chi connectivity index (χ4n) is 5.49. The summed E-state index contributed by atoms with van der Waals surface area (Å²) >= 11 is 0. The summed E-state index contributed by atoms with van der Waals surface area (Å²) < 4.78 is 0. The molecule has 0 fully saturated rings. The smallest absolute Gasteiger partial charge is 0.326 e. The van der Waals surface area contributed by atoms with E-state index in [0.29, 0.717) is 11.6 Å². The Kier molecular flexibility index (Phi) is 19.6. The van der Waals surface area contributed by atoms with Gasteiger partial charge in [0.1, 0.15) is 36.3 Å². The van der Waals surface area contributed by atoms with Crippen LogP contribution in [0.3, 0.4) is 0 Å². The van der Waals surface area contributed by atoms with Crippen LogP contribution in [0.4, 0.5) is 0 Å². The van der Waals surface area contributed by atoms with Crippen LogP contribution in [0.2, 0.25) is 0 Å². The highest BCUT2D eigenvalue weighted by Crippen LogP contribution is 2.16. The number of hydrogen-bond acceptors (Lipinski definition) is 10. The van der Waals surface area contributed by atoms with E-state index in [9.17, 15) is 53.1 Å². The summed E-state index contributed by atoms with van der Waals surface area (Å²) in [4.78, 5) is 126. The van der Waals surface area contributed by atoms with Crippen molar-refractivity contribution in [2.24, 2.45) is 23.3 Å². The third-order valence-corrected chi connectivity index (χ3v) is 8.72. The molecule has 0 saturated carbocycles. The second kappa shape index (κ2) is 24.0. The number of rotatable bonds is 23. The Balaban J connectivity index is 2.08. The summed E-state index contributed by atoms with van der Waals surface area (Å²) in [5.41, 5.74) is 11.7. The molecule has 2 aromatic rings. The molecule has 2 aromatic carbocycles. The van der Waals surface area contributed by atoms with Gasteiger partial charge in [-0.2, -0.15) is 0 Å². The number of benzene rings is 2. The van der Waals surface area contributed by atoms with E-state index in [2.05, 4.69) is 37.2 Å². The van der Waals surface area contributed by atoms with E-state index in [0.717, 1.165) is 6.08 Å². The second-order valence-electron chi connectivity index (χ2n) is 14.4. The number of nitrogens with two attached hydrogens (primary N) is 2. The summed E-state index contributed by atoms with van der Waals surface area (Å²) in [5, 5.41) is 26.2. The number of amides is 9. The maximum absolute atomic E-state index is 13.7. The van der Waals surface area contributed by atoms with E-state index >= 15 is 0 Å². The fourth-order valence-corrected chi connectivity index (χ4v) is 5.49. The van der Waals surface area contributed by atoms with Gasteiger partial charge in [0.25, 0.3) is 0 Å². The minimum Gasteiger partial charge on any atom is -0.480 e. The van der Waals surface area contributed by atoms with Crippen molar-refractivity contribution in [1.29, 1.82) is 0 Å². The van der Waals surface area contributed by atoms with Crippen molar-refractivity contribution in [1.82, 2.24) is 37.2 Å². The number of carbonyl (C=O) groups is 10. The van der Waals surface area contributed by atoms with Crippen molar-refractivity contribution in [3.05, 3.63) is 83.9 Å². The van der Waals surface area contributed by atoms with Crippen LogP contribution in [0, 0.1) is 11.8 Å². The minimum absolute atomic E-state index is 0.00248. The predicted octanol–water partition coefficient (Wildman–Crippen LogP) is -2.04. The Morgan fingerprint density at radius 2 is 1.13 bits per heavy atom. The van der Waals surface area contributed by atoms with Gasteiger partial charge in [-0.05, 0) is 29.9 Å². The number of carboxylic acids is 1. The molecule has 2 rings (SSSR count). The molecule has 20 nitrogen and oxygen atoms in total. The Morgan fingerprint density at radius 3 is 1.65 bits per heavy atom. The first-order chi connectivity index (χ1) is 28.2. The lowest BCUT2D eigenvalue weighted by Crippen LogP contribution is -2.58. The highest BCUT2D eigenvalue weighted by molar-refractivity contribution is 6.01. The van der Waals surface area contributed by atoms with Gasteiger partial charge < -0.3 is 53.8 Å². The Labute approximate surface area is 346 Å². The molecule has 0 bridgehead atoms. The van der Waals surface area contributed by atoms with Crippen molar-refractivity contribution >= 4 is 59.1 Å². The van der Waals surface area contributed by atoms with Gasteiger partial charge in [-0.1, -0.05) is 88.4 Å². The SMILES string of the molecule is CC(C)[C@H](NC(=O)[C@@H](NC(=O)[C@@H](NC(=O)[C@H](CC(N)=O)NC(=O)/C=C/C(=O)N[C@@H](C)C(=O)NCC(=O)N[C@@H](Cc1ccccc1)C(=O)O)c1ccccc1)C(C)C)C(N)=O. The van der Waals surface area contributed by atoms with Crippen LogP contribution in [-0.2, 0) is 54.4 Å². The van der Waals surface area contributed by atoms with Gasteiger partial charge in [0, 0.05) is 18.6 Å². The van der Waals surface area contributed by atoms with E-state index < -0.39 is 114 Å². The van der Waals surface area contributed by atoms with Crippen LogP contribution in [0.1, 0.15) is 58.2 Å².